The number of rotatable bonds is 7. The molecule has 0 N–H and O–H groups in total. The van der Waals surface area contributed by atoms with E-state index in [9.17, 15) is 0 Å². The first-order valence-corrected chi connectivity index (χ1v) is 15.1. The number of piperidine rings is 3. The lowest BCUT2D eigenvalue weighted by Gasteiger charge is -2.55. The third-order valence-corrected chi connectivity index (χ3v) is 11.7. The highest BCUT2D eigenvalue weighted by Crippen LogP contribution is 2.54. The van der Waals surface area contributed by atoms with Crippen molar-refractivity contribution in [3.63, 3.8) is 0 Å². The van der Waals surface area contributed by atoms with Gasteiger partial charge < -0.3 is 4.74 Å². The van der Waals surface area contributed by atoms with E-state index in [0.717, 1.165) is 47.6 Å². The molecule has 5 heterocycles. The van der Waals surface area contributed by atoms with Crippen LogP contribution in [0.2, 0.25) is 0 Å². The van der Waals surface area contributed by atoms with Gasteiger partial charge in [-0.25, -0.2) is 0 Å². The molecule has 3 aliphatic carbocycles. The van der Waals surface area contributed by atoms with Gasteiger partial charge in [-0.1, -0.05) is 13.8 Å². The lowest BCUT2D eigenvalue weighted by molar-refractivity contribution is -0.177. The molecular formula is C30H52N2O. The van der Waals surface area contributed by atoms with E-state index in [1.54, 1.807) is 0 Å². The molecule has 0 aromatic heterocycles. The predicted molar refractivity (Wildman–Crippen MR) is 136 cm³/mol. The predicted octanol–water partition coefficient (Wildman–Crippen LogP) is 6.36. The minimum Gasteiger partial charge on any atom is -0.372 e. The summed E-state index contributed by atoms with van der Waals surface area (Å²) in [5, 5.41) is 0. The van der Waals surface area contributed by atoms with Crippen molar-refractivity contribution < 1.29 is 4.74 Å². The van der Waals surface area contributed by atoms with Crippen molar-refractivity contribution in [2.45, 2.75) is 141 Å². The second-order valence-electron chi connectivity index (χ2n) is 13.8. The molecule has 9 atom stereocenters. The topological polar surface area (TPSA) is 15.7 Å². The van der Waals surface area contributed by atoms with Gasteiger partial charge in [-0.2, -0.15) is 0 Å². The van der Waals surface area contributed by atoms with E-state index in [1.165, 1.54) is 90.1 Å². The number of morpholine rings is 1. The van der Waals surface area contributed by atoms with Gasteiger partial charge in [0, 0.05) is 37.3 Å². The Morgan fingerprint density at radius 3 is 2.18 bits per heavy atom. The van der Waals surface area contributed by atoms with Crippen LogP contribution >= 0.6 is 0 Å². The van der Waals surface area contributed by atoms with Gasteiger partial charge >= 0.3 is 0 Å². The van der Waals surface area contributed by atoms with Crippen molar-refractivity contribution in [1.82, 2.24) is 9.80 Å². The normalized spacial score (nSPS) is 47.4. The van der Waals surface area contributed by atoms with Gasteiger partial charge in [0.1, 0.15) is 0 Å². The third kappa shape index (κ3) is 4.35. The van der Waals surface area contributed by atoms with E-state index < -0.39 is 0 Å². The summed E-state index contributed by atoms with van der Waals surface area (Å²) in [6.07, 6.45) is 18.3. The maximum absolute atomic E-state index is 6.73. The summed E-state index contributed by atoms with van der Waals surface area (Å²) in [5.41, 5.74) is 0. The Kier molecular flexibility index (Phi) is 6.63. The van der Waals surface area contributed by atoms with E-state index in [-0.39, 0.29) is 0 Å². The fourth-order valence-electron chi connectivity index (χ4n) is 10.2. The Labute approximate surface area is 204 Å². The maximum atomic E-state index is 6.73. The summed E-state index contributed by atoms with van der Waals surface area (Å²) in [5.74, 6) is 5.94. The molecule has 5 aliphatic heterocycles. The lowest BCUT2D eigenvalue weighted by Crippen LogP contribution is -2.63. The Morgan fingerprint density at radius 2 is 1.48 bits per heavy atom. The van der Waals surface area contributed by atoms with Gasteiger partial charge in [0.25, 0.3) is 0 Å². The molecule has 5 saturated heterocycles. The number of ether oxygens (including phenoxy) is 1. The summed E-state index contributed by atoms with van der Waals surface area (Å²) in [6.45, 7) is 12.7. The Balaban J connectivity index is 1.09. The molecule has 8 rings (SSSR count). The lowest BCUT2D eigenvalue weighted by atomic mass is 9.66. The van der Waals surface area contributed by atoms with Crippen LogP contribution in [0.1, 0.15) is 105 Å². The zero-order chi connectivity index (χ0) is 22.7. The third-order valence-electron chi connectivity index (χ3n) is 11.7. The Bertz CT molecular complexity index is 672. The average molecular weight is 457 g/mol. The van der Waals surface area contributed by atoms with Crippen LogP contribution in [0.15, 0.2) is 0 Å². The van der Waals surface area contributed by atoms with Gasteiger partial charge in [-0.15, -0.1) is 0 Å². The monoisotopic (exact) mass is 456 g/mol. The van der Waals surface area contributed by atoms with Gasteiger partial charge in [-0.05, 0) is 126 Å². The summed E-state index contributed by atoms with van der Waals surface area (Å²) in [4.78, 5) is 5.84. The van der Waals surface area contributed by atoms with Crippen molar-refractivity contribution in [3.05, 3.63) is 0 Å². The van der Waals surface area contributed by atoms with E-state index in [4.69, 9.17) is 4.74 Å². The van der Waals surface area contributed by atoms with Crippen LogP contribution in [0.5, 0.6) is 0 Å². The highest BCUT2D eigenvalue weighted by molar-refractivity contribution is 5.00. The fourth-order valence-corrected chi connectivity index (χ4v) is 10.2. The van der Waals surface area contributed by atoms with E-state index in [0.29, 0.717) is 24.3 Å². The molecule has 0 radical (unpaired) electrons. The summed E-state index contributed by atoms with van der Waals surface area (Å²) < 4.78 is 6.73. The van der Waals surface area contributed by atoms with Crippen LogP contribution in [0, 0.1) is 35.5 Å². The molecule has 6 bridgehead atoms. The van der Waals surface area contributed by atoms with Gasteiger partial charge in [0.15, 0.2) is 0 Å². The average Bonchev–Trinajstić information content (AvgIpc) is 3.17. The minimum absolute atomic E-state index is 0.473. The highest BCUT2D eigenvalue weighted by Gasteiger charge is 2.48. The molecule has 0 aromatic carbocycles. The van der Waals surface area contributed by atoms with Crippen LogP contribution in [0.4, 0.5) is 0 Å². The van der Waals surface area contributed by atoms with Gasteiger partial charge in [-0.3, -0.25) is 9.80 Å². The van der Waals surface area contributed by atoms with Crippen molar-refractivity contribution in [1.29, 1.82) is 0 Å². The second kappa shape index (κ2) is 9.40. The fraction of sp³-hybridized carbons (Fsp3) is 1.00. The largest absolute Gasteiger partial charge is 0.372 e. The molecule has 8 fully saturated rings. The molecule has 3 heteroatoms. The van der Waals surface area contributed by atoms with Crippen molar-refractivity contribution in [3.8, 4) is 0 Å². The van der Waals surface area contributed by atoms with Crippen LogP contribution in [0.25, 0.3) is 0 Å². The molecule has 9 unspecified atom stereocenters. The van der Waals surface area contributed by atoms with Crippen molar-refractivity contribution in [2.24, 2.45) is 35.5 Å². The van der Waals surface area contributed by atoms with E-state index in [2.05, 4.69) is 37.5 Å². The molecule has 33 heavy (non-hydrogen) atoms. The van der Waals surface area contributed by atoms with Gasteiger partial charge in [0.05, 0.1) is 12.2 Å². The standard InChI is InChI=1S/C30H52N2O/c1-19(2)30-23-7-8-24(27(30)13-9-23)15-20(3)32-18-26-12-14-28(32)29(33-26)16-21(4)31-17-22-5-10-25(31)11-6-22/h19-30H,5-18H2,1-4H3. The molecule has 0 amide bonds. The highest BCUT2D eigenvalue weighted by atomic mass is 16.5. The number of nitrogens with zero attached hydrogens (tertiary/aromatic N) is 2. The minimum atomic E-state index is 0.473. The van der Waals surface area contributed by atoms with Crippen LogP contribution < -0.4 is 0 Å². The first-order valence-electron chi connectivity index (χ1n) is 15.1. The molecule has 188 valence electrons. The number of fused-ring (bicyclic) bond motifs is 8. The van der Waals surface area contributed by atoms with E-state index >= 15 is 0 Å². The first kappa shape index (κ1) is 23.3. The molecular weight excluding hydrogens is 404 g/mol. The molecule has 3 saturated carbocycles. The Morgan fingerprint density at radius 1 is 0.727 bits per heavy atom. The SMILES string of the molecule is CC(C)C1C2CCC(CC(C)N3CC4CCC3C(CC(C)N3CC5CCC3CC5)O4)C1CC2. The second-order valence-corrected chi connectivity index (χ2v) is 13.8. The summed E-state index contributed by atoms with van der Waals surface area (Å²) >= 11 is 0. The van der Waals surface area contributed by atoms with Crippen LogP contribution in [-0.4, -0.2) is 59.3 Å². The molecule has 3 nitrogen and oxygen atoms in total. The molecule has 0 aromatic rings. The molecule has 8 aliphatic rings. The van der Waals surface area contributed by atoms with E-state index in [1.807, 2.05) is 0 Å². The summed E-state index contributed by atoms with van der Waals surface area (Å²) in [7, 11) is 0. The van der Waals surface area contributed by atoms with Crippen molar-refractivity contribution >= 4 is 0 Å². The molecule has 0 spiro atoms. The number of hydrogen-bond acceptors (Lipinski definition) is 3. The Hall–Kier alpha value is -0.120. The zero-order valence-electron chi connectivity index (χ0n) is 22.1. The maximum Gasteiger partial charge on any atom is 0.0749 e. The van der Waals surface area contributed by atoms with Gasteiger partial charge in [0.2, 0.25) is 0 Å². The van der Waals surface area contributed by atoms with Crippen LogP contribution in [0.3, 0.4) is 0 Å². The van der Waals surface area contributed by atoms with Crippen molar-refractivity contribution in [2.75, 3.05) is 13.1 Å². The smallest absolute Gasteiger partial charge is 0.0749 e. The zero-order valence-corrected chi connectivity index (χ0v) is 22.1. The van der Waals surface area contributed by atoms with Crippen LogP contribution in [-0.2, 0) is 4.74 Å². The number of hydrogen-bond donors (Lipinski definition) is 0. The quantitative estimate of drug-likeness (QED) is 0.443. The summed E-state index contributed by atoms with van der Waals surface area (Å²) in [6, 6.07) is 2.98. The first-order chi connectivity index (χ1) is 16.0.